The number of urea groups is 1. The predicted molar refractivity (Wildman–Crippen MR) is 131 cm³/mol. The summed E-state index contributed by atoms with van der Waals surface area (Å²) in [5.74, 6) is 0.958. The molecule has 7 nitrogen and oxygen atoms in total. The number of halogens is 1. The summed E-state index contributed by atoms with van der Waals surface area (Å²) in [4.78, 5) is 29.0. The first-order valence-electron chi connectivity index (χ1n) is 9.95. The Morgan fingerprint density at radius 1 is 0.909 bits per heavy atom. The minimum absolute atomic E-state index is 0.0494. The third-order valence-electron chi connectivity index (χ3n) is 4.33. The Bertz CT molecular complexity index is 1260. The van der Waals surface area contributed by atoms with Gasteiger partial charge in [-0.3, -0.25) is 10.1 Å². The molecule has 1 aromatic heterocycles. The lowest BCUT2D eigenvalue weighted by Gasteiger charge is -2.11. The number of hydrogen-bond donors (Lipinski definition) is 3. The van der Waals surface area contributed by atoms with Crippen LogP contribution in [0.4, 0.5) is 21.3 Å². The first-order valence-corrected chi connectivity index (χ1v) is 11.2. The molecule has 3 N–H and O–H groups in total. The van der Waals surface area contributed by atoms with E-state index >= 15 is 0 Å². The number of benzene rings is 3. The third kappa shape index (κ3) is 6.55. The molecule has 0 saturated carbocycles. The van der Waals surface area contributed by atoms with Crippen molar-refractivity contribution in [1.29, 1.82) is 0 Å². The minimum Gasteiger partial charge on any atom is -0.455 e. The van der Waals surface area contributed by atoms with Crippen LogP contribution in [0.15, 0.2) is 84.2 Å². The normalized spacial score (nSPS) is 10.3. The first kappa shape index (κ1) is 22.3. The summed E-state index contributed by atoms with van der Waals surface area (Å²) in [6.07, 6.45) is 0.0494. The van der Waals surface area contributed by atoms with Crippen LogP contribution < -0.4 is 20.7 Å². The van der Waals surface area contributed by atoms with Crippen molar-refractivity contribution < 1.29 is 14.3 Å². The highest BCUT2D eigenvalue weighted by atomic mass is 35.5. The molecule has 0 aliphatic rings. The van der Waals surface area contributed by atoms with Crippen LogP contribution in [0.3, 0.4) is 0 Å². The van der Waals surface area contributed by atoms with E-state index in [9.17, 15) is 9.59 Å². The maximum absolute atomic E-state index is 12.6. The van der Waals surface area contributed by atoms with E-state index in [4.69, 9.17) is 16.3 Å². The van der Waals surface area contributed by atoms with Gasteiger partial charge in [-0.15, -0.1) is 11.3 Å². The van der Waals surface area contributed by atoms with E-state index in [1.807, 2.05) is 42.5 Å². The molecule has 4 rings (SSSR count). The smallest absolute Gasteiger partial charge is 0.325 e. The highest BCUT2D eigenvalue weighted by Gasteiger charge is 2.13. The molecular formula is C24H19ClN4O3S. The van der Waals surface area contributed by atoms with E-state index in [0.717, 1.165) is 0 Å². The van der Waals surface area contributed by atoms with Crippen LogP contribution in [0.1, 0.15) is 5.69 Å². The summed E-state index contributed by atoms with van der Waals surface area (Å²) < 4.78 is 5.87. The van der Waals surface area contributed by atoms with Gasteiger partial charge in [0.05, 0.1) is 17.8 Å². The number of nitrogens with zero attached hydrogens (tertiary/aromatic N) is 1. The number of anilines is 3. The van der Waals surface area contributed by atoms with Crippen LogP contribution in [-0.2, 0) is 11.2 Å². The Labute approximate surface area is 199 Å². The molecule has 3 amide bonds. The number of carbonyl (C=O) groups is 2. The summed E-state index contributed by atoms with van der Waals surface area (Å²) in [5.41, 5.74) is 1.66. The fraction of sp³-hybridized carbons (Fsp3) is 0.0417. The van der Waals surface area contributed by atoms with Crippen molar-refractivity contribution in [3.63, 3.8) is 0 Å². The largest absolute Gasteiger partial charge is 0.455 e. The second-order valence-corrected chi connectivity index (χ2v) is 8.16. The first-order chi connectivity index (χ1) is 16.0. The second kappa shape index (κ2) is 10.6. The van der Waals surface area contributed by atoms with Gasteiger partial charge in [0.15, 0.2) is 10.9 Å². The number of thiazole rings is 1. The quantitative estimate of drug-likeness (QED) is 0.286. The minimum atomic E-state index is -0.449. The predicted octanol–water partition coefficient (Wildman–Crippen LogP) is 6.41. The lowest BCUT2D eigenvalue weighted by Crippen LogP contribution is -2.19. The Hall–Kier alpha value is -3.88. The van der Waals surface area contributed by atoms with Gasteiger partial charge in [-0.25, -0.2) is 9.78 Å². The van der Waals surface area contributed by atoms with Crippen LogP contribution in [0.2, 0.25) is 5.02 Å². The molecule has 0 radical (unpaired) electrons. The fourth-order valence-corrected chi connectivity index (χ4v) is 3.80. The summed E-state index contributed by atoms with van der Waals surface area (Å²) in [5, 5.41) is 10.8. The molecule has 33 heavy (non-hydrogen) atoms. The van der Waals surface area contributed by atoms with E-state index in [0.29, 0.717) is 38.7 Å². The number of amides is 3. The molecular weight excluding hydrogens is 460 g/mol. The number of para-hydroxylation sites is 3. The molecule has 0 bridgehead atoms. The van der Waals surface area contributed by atoms with Crippen LogP contribution in [0.5, 0.6) is 11.5 Å². The number of nitrogens with one attached hydrogen (secondary N) is 3. The molecule has 0 aliphatic carbocycles. The number of aromatic nitrogens is 1. The van der Waals surface area contributed by atoms with Gasteiger partial charge in [-0.2, -0.15) is 0 Å². The van der Waals surface area contributed by atoms with Gasteiger partial charge in [-0.05, 0) is 42.5 Å². The van der Waals surface area contributed by atoms with Crippen LogP contribution in [0, 0.1) is 0 Å². The standard InChI is InChI=1S/C24H19ClN4O3S/c25-16-7-6-8-17(13-16)26-23(31)29-24-27-18(15-33-24)14-22(30)28-20-11-4-5-12-21(20)32-19-9-2-1-3-10-19/h1-13,15H,14H2,(H,28,30)(H2,26,27,29,31). The molecule has 0 fully saturated rings. The molecule has 0 saturated heterocycles. The lowest BCUT2D eigenvalue weighted by molar-refractivity contribution is -0.115. The molecule has 1 heterocycles. The molecule has 0 spiro atoms. The van der Waals surface area contributed by atoms with Crippen LogP contribution >= 0.6 is 22.9 Å². The second-order valence-electron chi connectivity index (χ2n) is 6.87. The topological polar surface area (TPSA) is 92.4 Å². The van der Waals surface area contributed by atoms with Gasteiger partial charge in [-0.1, -0.05) is 48.0 Å². The molecule has 9 heteroatoms. The zero-order chi connectivity index (χ0) is 23.0. The molecule has 4 aromatic rings. The van der Waals surface area contributed by atoms with Gasteiger partial charge in [0, 0.05) is 16.1 Å². The lowest BCUT2D eigenvalue weighted by atomic mass is 10.2. The van der Waals surface area contributed by atoms with Crippen molar-refractivity contribution in [3.8, 4) is 11.5 Å². The highest BCUT2D eigenvalue weighted by molar-refractivity contribution is 7.14. The van der Waals surface area contributed by atoms with E-state index in [1.165, 1.54) is 11.3 Å². The van der Waals surface area contributed by atoms with Crippen molar-refractivity contribution in [1.82, 2.24) is 4.98 Å². The van der Waals surface area contributed by atoms with Crippen molar-refractivity contribution in [2.75, 3.05) is 16.0 Å². The maximum atomic E-state index is 12.6. The van der Waals surface area contributed by atoms with Crippen molar-refractivity contribution in [2.24, 2.45) is 0 Å². The number of carbonyl (C=O) groups excluding carboxylic acids is 2. The van der Waals surface area contributed by atoms with Crippen molar-refractivity contribution in [3.05, 3.63) is 95.0 Å². The Kier molecular flexibility index (Phi) is 7.19. The van der Waals surface area contributed by atoms with Gasteiger partial charge in [0.2, 0.25) is 5.91 Å². The number of rotatable bonds is 7. The Morgan fingerprint density at radius 2 is 1.70 bits per heavy atom. The monoisotopic (exact) mass is 478 g/mol. The van der Waals surface area contributed by atoms with Crippen molar-refractivity contribution >= 4 is 51.4 Å². The van der Waals surface area contributed by atoms with Gasteiger partial charge in [0.1, 0.15) is 5.75 Å². The van der Waals surface area contributed by atoms with Crippen LogP contribution in [-0.4, -0.2) is 16.9 Å². The Balaban J connectivity index is 1.33. The number of hydrogen-bond acceptors (Lipinski definition) is 5. The summed E-state index contributed by atoms with van der Waals surface area (Å²) in [7, 11) is 0. The third-order valence-corrected chi connectivity index (χ3v) is 5.37. The summed E-state index contributed by atoms with van der Waals surface area (Å²) in [6.45, 7) is 0. The average Bonchev–Trinajstić information content (AvgIpc) is 3.22. The molecule has 3 aromatic carbocycles. The maximum Gasteiger partial charge on any atom is 0.325 e. The van der Waals surface area contributed by atoms with E-state index < -0.39 is 6.03 Å². The van der Waals surface area contributed by atoms with Gasteiger partial charge < -0.3 is 15.4 Å². The Morgan fingerprint density at radius 3 is 2.52 bits per heavy atom. The molecule has 166 valence electrons. The zero-order valence-electron chi connectivity index (χ0n) is 17.2. The van der Waals surface area contributed by atoms with E-state index in [-0.39, 0.29) is 12.3 Å². The molecule has 0 atom stereocenters. The summed E-state index contributed by atoms with van der Waals surface area (Å²) in [6, 6.07) is 22.9. The molecule has 0 aliphatic heterocycles. The number of ether oxygens (including phenoxy) is 1. The van der Waals surface area contributed by atoms with Gasteiger partial charge in [0.25, 0.3) is 0 Å². The van der Waals surface area contributed by atoms with Crippen molar-refractivity contribution in [2.45, 2.75) is 6.42 Å². The van der Waals surface area contributed by atoms with Crippen LogP contribution in [0.25, 0.3) is 0 Å². The highest BCUT2D eigenvalue weighted by Crippen LogP contribution is 2.29. The average molecular weight is 479 g/mol. The fourth-order valence-electron chi connectivity index (χ4n) is 2.90. The van der Waals surface area contributed by atoms with E-state index in [1.54, 1.807) is 41.8 Å². The van der Waals surface area contributed by atoms with Gasteiger partial charge >= 0.3 is 6.03 Å². The van der Waals surface area contributed by atoms with E-state index in [2.05, 4.69) is 20.9 Å². The zero-order valence-corrected chi connectivity index (χ0v) is 18.8. The molecule has 0 unspecified atom stereocenters. The summed E-state index contributed by atoms with van der Waals surface area (Å²) >= 11 is 7.15. The SMILES string of the molecule is O=C(Cc1csc(NC(=O)Nc2cccc(Cl)c2)n1)Nc1ccccc1Oc1ccccc1.